The summed E-state index contributed by atoms with van der Waals surface area (Å²) in [7, 11) is 0. The van der Waals surface area contributed by atoms with Gasteiger partial charge in [-0.3, -0.25) is 4.68 Å². The van der Waals surface area contributed by atoms with Crippen LogP contribution in [0, 0.1) is 6.92 Å². The molecule has 4 nitrogen and oxygen atoms in total. The van der Waals surface area contributed by atoms with E-state index in [9.17, 15) is 8.78 Å². The molecule has 6 heteroatoms. The second-order valence-corrected chi connectivity index (χ2v) is 3.07. The van der Waals surface area contributed by atoms with Crippen molar-refractivity contribution in [2.45, 2.75) is 33.1 Å². The predicted molar refractivity (Wildman–Crippen MR) is 47.9 cm³/mol. The van der Waals surface area contributed by atoms with Crippen molar-refractivity contribution >= 4 is 5.69 Å². The molecule has 0 radical (unpaired) electrons. The Morgan fingerprint density at radius 3 is 2.71 bits per heavy atom. The van der Waals surface area contributed by atoms with Crippen molar-refractivity contribution in [1.82, 2.24) is 9.78 Å². The van der Waals surface area contributed by atoms with E-state index >= 15 is 0 Å². The SMILES string of the molecule is Cc1c(N)cnn1CC(C)OC(F)F. The molecule has 0 saturated carbocycles. The quantitative estimate of drug-likeness (QED) is 0.808. The van der Waals surface area contributed by atoms with Crippen molar-refractivity contribution < 1.29 is 13.5 Å². The highest BCUT2D eigenvalue weighted by Crippen LogP contribution is 2.10. The van der Waals surface area contributed by atoms with Gasteiger partial charge in [-0.05, 0) is 13.8 Å². The zero-order chi connectivity index (χ0) is 10.7. The number of aromatic nitrogens is 2. The second kappa shape index (κ2) is 4.36. The van der Waals surface area contributed by atoms with Crippen LogP contribution in [-0.4, -0.2) is 22.5 Å². The third-order valence-corrected chi connectivity index (χ3v) is 1.91. The van der Waals surface area contributed by atoms with E-state index < -0.39 is 12.7 Å². The van der Waals surface area contributed by atoms with E-state index in [2.05, 4.69) is 9.84 Å². The van der Waals surface area contributed by atoms with Crippen LogP contribution in [0.25, 0.3) is 0 Å². The van der Waals surface area contributed by atoms with E-state index in [0.717, 1.165) is 5.69 Å². The fraction of sp³-hybridized carbons (Fsp3) is 0.625. The number of hydrogen-bond acceptors (Lipinski definition) is 3. The maximum Gasteiger partial charge on any atom is 0.345 e. The Bertz CT molecular complexity index is 301. The number of nitrogen functional groups attached to an aromatic ring is 1. The van der Waals surface area contributed by atoms with Crippen molar-refractivity contribution in [1.29, 1.82) is 0 Å². The lowest BCUT2D eigenvalue weighted by molar-refractivity contribution is -0.161. The summed E-state index contributed by atoms with van der Waals surface area (Å²) in [6.45, 7) is 0.854. The molecule has 0 saturated heterocycles. The summed E-state index contributed by atoms with van der Waals surface area (Å²) >= 11 is 0. The largest absolute Gasteiger partial charge is 0.396 e. The number of hydrogen-bond donors (Lipinski definition) is 1. The molecule has 1 aromatic rings. The van der Waals surface area contributed by atoms with Gasteiger partial charge in [0.2, 0.25) is 0 Å². The Morgan fingerprint density at radius 2 is 2.29 bits per heavy atom. The third-order valence-electron chi connectivity index (χ3n) is 1.91. The molecule has 0 spiro atoms. The van der Waals surface area contributed by atoms with Crippen LogP contribution in [0.1, 0.15) is 12.6 Å². The van der Waals surface area contributed by atoms with Gasteiger partial charge in [0.15, 0.2) is 0 Å². The summed E-state index contributed by atoms with van der Waals surface area (Å²) in [5.41, 5.74) is 6.85. The van der Waals surface area contributed by atoms with E-state index in [4.69, 9.17) is 5.73 Å². The zero-order valence-corrected chi connectivity index (χ0v) is 8.08. The minimum absolute atomic E-state index is 0.271. The van der Waals surface area contributed by atoms with E-state index in [1.54, 1.807) is 18.5 Å². The minimum Gasteiger partial charge on any atom is -0.396 e. The van der Waals surface area contributed by atoms with E-state index in [1.165, 1.54) is 6.20 Å². The Hall–Kier alpha value is -1.17. The van der Waals surface area contributed by atoms with E-state index in [0.29, 0.717) is 5.69 Å². The molecule has 0 aliphatic carbocycles. The van der Waals surface area contributed by atoms with Gasteiger partial charge in [-0.25, -0.2) is 0 Å². The Morgan fingerprint density at radius 1 is 1.64 bits per heavy atom. The number of halogens is 2. The lowest BCUT2D eigenvalue weighted by Crippen LogP contribution is -2.20. The molecule has 0 aliphatic heterocycles. The number of alkyl halides is 2. The standard InChI is InChI=1S/C8H13F2N3O/c1-5(14-8(9)10)4-13-6(2)7(11)3-12-13/h3,5,8H,4,11H2,1-2H3. The fourth-order valence-electron chi connectivity index (χ4n) is 1.11. The first-order chi connectivity index (χ1) is 6.50. The Kier molecular flexibility index (Phi) is 3.40. The lowest BCUT2D eigenvalue weighted by Gasteiger charge is -2.13. The number of rotatable bonds is 4. The predicted octanol–water partition coefficient (Wildman–Crippen LogP) is 1.40. The lowest BCUT2D eigenvalue weighted by atomic mass is 10.3. The average molecular weight is 205 g/mol. The van der Waals surface area contributed by atoms with Crippen LogP contribution in [0.2, 0.25) is 0 Å². The summed E-state index contributed by atoms with van der Waals surface area (Å²) in [5, 5.41) is 3.93. The summed E-state index contributed by atoms with van der Waals surface area (Å²) in [5.74, 6) is 0. The van der Waals surface area contributed by atoms with Gasteiger partial charge >= 0.3 is 6.61 Å². The highest BCUT2D eigenvalue weighted by atomic mass is 19.3. The van der Waals surface area contributed by atoms with Gasteiger partial charge in [0.1, 0.15) is 0 Å². The van der Waals surface area contributed by atoms with Crippen LogP contribution >= 0.6 is 0 Å². The molecule has 1 rings (SSSR count). The molecule has 1 aromatic heterocycles. The fourth-order valence-corrected chi connectivity index (χ4v) is 1.11. The molecule has 14 heavy (non-hydrogen) atoms. The van der Waals surface area contributed by atoms with Crippen molar-refractivity contribution in [3.8, 4) is 0 Å². The summed E-state index contributed by atoms with van der Waals surface area (Å²) in [6.07, 6.45) is 0.901. The van der Waals surface area contributed by atoms with Crippen LogP contribution in [0.5, 0.6) is 0 Å². The molecule has 2 N–H and O–H groups in total. The summed E-state index contributed by atoms with van der Waals surface area (Å²) in [4.78, 5) is 0. The van der Waals surface area contributed by atoms with Crippen LogP contribution < -0.4 is 5.73 Å². The molecule has 0 bridgehead atoms. The highest BCUT2D eigenvalue weighted by molar-refractivity contribution is 5.39. The molecule has 1 unspecified atom stereocenters. The molecule has 1 atom stereocenters. The average Bonchev–Trinajstić information content (AvgIpc) is 2.34. The molecular weight excluding hydrogens is 192 g/mol. The van der Waals surface area contributed by atoms with Crippen LogP contribution in [0.3, 0.4) is 0 Å². The van der Waals surface area contributed by atoms with Crippen molar-refractivity contribution in [3.05, 3.63) is 11.9 Å². The van der Waals surface area contributed by atoms with Crippen molar-refractivity contribution in [2.75, 3.05) is 5.73 Å². The normalized spacial score (nSPS) is 13.5. The molecule has 80 valence electrons. The van der Waals surface area contributed by atoms with E-state index in [-0.39, 0.29) is 6.54 Å². The molecular formula is C8H13F2N3O. The first-order valence-electron chi connectivity index (χ1n) is 4.22. The first kappa shape index (κ1) is 10.9. The molecule has 0 aromatic carbocycles. The van der Waals surface area contributed by atoms with Crippen LogP contribution in [0.4, 0.5) is 14.5 Å². The Balaban J connectivity index is 2.56. The second-order valence-electron chi connectivity index (χ2n) is 3.07. The topological polar surface area (TPSA) is 53.1 Å². The van der Waals surface area contributed by atoms with Gasteiger partial charge in [-0.1, -0.05) is 0 Å². The summed E-state index contributed by atoms with van der Waals surface area (Å²) < 4.78 is 29.5. The van der Waals surface area contributed by atoms with Crippen molar-refractivity contribution in [2.24, 2.45) is 0 Å². The van der Waals surface area contributed by atoms with Crippen LogP contribution in [-0.2, 0) is 11.3 Å². The molecule has 0 aliphatic rings. The third kappa shape index (κ3) is 2.66. The smallest absolute Gasteiger partial charge is 0.345 e. The first-order valence-corrected chi connectivity index (χ1v) is 4.22. The summed E-state index contributed by atoms with van der Waals surface area (Å²) in [6, 6.07) is 0. The van der Waals surface area contributed by atoms with Crippen LogP contribution in [0.15, 0.2) is 6.20 Å². The minimum atomic E-state index is -2.75. The maximum absolute atomic E-state index is 11.8. The monoisotopic (exact) mass is 205 g/mol. The number of nitrogens with two attached hydrogens (primary N) is 1. The van der Waals surface area contributed by atoms with Gasteiger partial charge in [-0.15, -0.1) is 0 Å². The number of nitrogens with zero attached hydrogens (tertiary/aromatic N) is 2. The van der Waals surface area contributed by atoms with Gasteiger partial charge in [0.05, 0.1) is 30.2 Å². The zero-order valence-electron chi connectivity index (χ0n) is 8.08. The van der Waals surface area contributed by atoms with Gasteiger partial charge in [0.25, 0.3) is 0 Å². The van der Waals surface area contributed by atoms with Gasteiger partial charge in [-0.2, -0.15) is 13.9 Å². The van der Waals surface area contributed by atoms with E-state index in [1.807, 2.05) is 0 Å². The number of anilines is 1. The molecule has 1 heterocycles. The molecule has 0 fully saturated rings. The number of ether oxygens (including phenoxy) is 1. The highest BCUT2D eigenvalue weighted by Gasteiger charge is 2.12. The Labute approximate surface area is 80.6 Å². The maximum atomic E-state index is 11.8. The van der Waals surface area contributed by atoms with Gasteiger partial charge in [0, 0.05) is 0 Å². The van der Waals surface area contributed by atoms with Crippen molar-refractivity contribution in [3.63, 3.8) is 0 Å². The molecule has 0 amide bonds. The van der Waals surface area contributed by atoms with Gasteiger partial charge < -0.3 is 10.5 Å².